The van der Waals surface area contributed by atoms with Gasteiger partial charge in [0, 0.05) is 11.1 Å². The smallest absolute Gasteiger partial charge is 0.254 e. The van der Waals surface area contributed by atoms with E-state index in [1.807, 2.05) is 17.4 Å². The van der Waals surface area contributed by atoms with Crippen molar-refractivity contribution in [1.82, 2.24) is 20.2 Å². The summed E-state index contributed by atoms with van der Waals surface area (Å²) in [7, 11) is 0. The maximum Gasteiger partial charge on any atom is 0.451 e. The molecular weight excluding hydrogens is 273 g/mol. The number of H-pyrrole nitrogens is 1. The second-order valence-electron chi connectivity index (χ2n) is 3.11. The van der Waals surface area contributed by atoms with Gasteiger partial charge >= 0.3 is 6.18 Å². The molecule has 2 heterocycles. The van der Waals surface area contributed by atoms with Crippen LogP contribution in [0.3, 0.4) is 0 Å². The average Bonchev–Trinajstić information content (AvgIpc) is 2.82. The highest BCUT2D eigenvalue weighted by molar-refractivity contribution is 7.98. The number of aromatic amines is 1. The molecule has 2 aromatic heterocycles. The van der Waals surface area contributed by atoms with Gasteiger partial charge in [-0.1, -0.05) is 11.8 Å². The molecule has 0 saturated carbocycles. The van der Waals surface area contributed by atoms with Gasteiger partial charge in [0.1, 0.15) is 0 Å². The van der Waals surface area contributed by atoms with Crippen LogP contribution < -0.4 is 0 Å². The summed E-state index contributed by atoms with van der Waals surface area (Å²) >= 11 is 2.61. The average molecular weight is 280 g/mol. The summed E-state index contributed by atoms with van der Waals surface area (Å²) in [6.45, 7) is 1.87. The van der Waals surface area contributed by atoms with Crippen molar-refractivity contribution in [1.29, 1.82) is 0 Å². The molecule has 0 radical (unpaired) electrons. The molecule has 0 fully saturated rings. The van der Waals surface area contributed by atoms with E-state index < -0.39 is 12.0 Å². The van der Waals surface area contributed by atoms with Crippen LogP contribution in [0.4, 0.5) is 13.2 Å². The van der Waals surface area contributed by atoms with E-state index in [4.69, 9.17) is 0 Å². The Morgan fingerprint density at radius 1 is 1.41 bits per heavy atom. The van der Waals surface area contributed by atoms with E-state index in [2.05, 4.69) is 15.1 Å². The first-order chi connectivity index (χ1) is 7.95. The zero-order valence-electron chi connectivity index (χ0n) is 8.58. The Balaban J connectivity index is 1.98. The van der Waals surface area contributed by atoms with Crippen LogP contribution in [0.5, 0.6) is 0 Å². The number of hydrogen-bond acceptors (Lipinski definition) is 5. The maximum atomic E-state index is 12.2. The molecule has 4 nitrogen and oxygen atoms in total. The second-order valence-corrected chi connectivity index (χ2v) is 5.12. The lowest BCUT2D eigenvalue weighted by Crippen LogP contribution is -2.07. The standard InChI is InChI=1S/C8H7F3N4S2/c1-4-12-5(2-16-4)3-17-7-13-6(14-15-7)8(9,10)11/h2H,3H2,1H3,(H,13,14,15). The fourth-order valence-electron chi connectivity index (χ4n) is 1.05. The molecule has 0 aliphatic rings. The molecular formula is C8H7F3N4S2. The normalized spacial score (nSPS) is 12.0. The van der Waals surface area contributed by atoms with Crippen molar-refractivity contribution < 1.29 is 13.2 Å². The van der Waals surface area contributed by atoms with Crippen molar-refractivity contribution in [2.45, 2.75) is 24.0 Å². The monoisotopic (exact) mass is 280 g/mol. The Morgan fingerprint density at radius 3 is 2.71 bits per heavy atom. The number of hydrogen-bond donors (Lipinski definition) is 1. The van der Waals surface area contributed by atoms with Crippen LogP contribution in [0.2, 0.25) is 0 Å². The van der Waals surface area contributed by atoms with Crippen LogP contribution in [-0.4, -0.2) is 20.2 Å². The van der Waals surface area contributed by atoms with Gasteiger partial charge in [0.15, 0.2) is 0 Å². The molecule has 1 N–H and O–H groups in total. The molecule has 0 spiro atoms. The third kappa shape index (κ3) is 3.19. The van der Waals surface area contributed by atoms with Gasteiger partial charge in [-0.15, -0.1) is 16.4 Å². The van der Waals surface area contributed by atoms with Crippen LogP contribution in [0.1, 0.15) is 16.5 Å². The molecule has 17 heavy (non-hydrogen) atoms. The van der Waals surface area contributed by atoms with E-state index in [9.17, 15) is 13.2 Å². The van der Waals surface area contributed by atoms with Crippen molar-refractivity contribution in [3.05, 3.63) is 21.9 Å². The molecule has 0 atom stereocenters. The van der Waals surface area contributed by atoms with Crippen molar-refractivity contribution in [3.63, 3.8) is 0 Å². The van der Waals surface area contributed by atoms with E-state index in [-0.39, 0.29) is 5.16 Å². The summed E-state index contributed by atoms with van der Waals surface area (Å²) in [5.41, 5.74) is 0.816. The number of alkyl halides is 3. The van der Waals surface area contributed by atoms with Crippen molar-refractivity contribution >= 4 is 23.1 Å². The van der Waals surface area contributed by atoms with Crippen molar-refractivity contribution in [2.75, 3.05) is 0 Å². The van der Waals surface area contributed by atoms with Crippen molar-refractivity contribution in [3.8, 4) is 0 Å². The van der Waals surface area contributed by atoms with E-state index >= 15 is 0 Å². The third-order valence-corrected chi connectivity index (χ3v) is 3.45. The Hall–Kier alpha value is -1.09. The molecule has 0 amide bonds. The number of aryl methyl sites for hydroxylation is 1. The highest BCUT2D eigenvalue weighted by Gasteiger charge is 2.35. The lowest BCUT2D eigenvalue weighted by molar-refractivity contribution is -0.144. The Bertz CT molecular complexity index is 505. The molecule has 9 heteroatoms. The lowest BCUT2D eigenvalue weighted by Gasteiger charge is -1.98. The van der Waals surface area contributed by atoms with E-state index in [0.717, 1.165) is 22.5 Å². The second kappa shape index (κ2) is 4.65. The van der Waals surface area contributed by atoms with Gasteiger partial charge < -0.3 is 0 Å². The molecule has 0 aliphatic heterocycles. The number of aromatic nitrogens is 4. The highest BCUT2D eigenvalue weighted by atomic mass is 32.2. The maximum absolute atomic E-state index is 12.2. The molecule has 0 aliphatic carbocycles. The summed E-state index contributed by atoms with van der Waals surface area (Å²) in [5, 5.41) is 8.21. The van der Waals surface area contributed by atoms with Gasteiger partial charge in [0.2, 0.25) is 11.0 Å². The van der Waals surface area contributed by atoms with Crippen LogP contribution in [0.15, 0.2) is 10.5 Å². The van der Waals surface area contributed by atoms with E-state index in [0.29, 0.717) is 5.75 Å². The Labute approximate surface area is 103 Å². The summed E-state index contributed by atoms with van der Waals surface area (Å²) in [6, 6.07) is 0. The first kappa shape index (κ1) is 12.4. The minimum Gasteiger partial charge on any atom is -0.254 e. The molecule has 0 bridgehead atoms. The molecule has 2 rings (SSSR count). The van der Waals surface area contributed by atoms with Gasteiger partial charge in [-0.2, -0.15) is 18.2 Å². The van der Waals surface area contributed by atoms with Crippen LogP contribution in [0, 0.1) is 6.92 Å². The highest BCUT2D eigenvalue weighted by Crippen LogP contribution is 2.28. The number of rotatable bonds is 3. The minimum atomic E-state index is -4.48. The predicted octanol–water partition coefficient (Wildman–Crippen LogP) is 2.88. The molecule has 2 aromatic rings. The molecule has 0 saturated heterocycles. The SMILES string of the molecule is Cc1nc(CSc2n[nH]c(C(F)(F)F)n2)cs1. The zero-order chi connectivity index (χ0) is 12.5. The number of thioether (sulfide) groups is 1. The Morgan fingerprint density at radius 2 is 2.18 bits per heavy atom. The van der Waals surface area contributed by atoms with E-state index in [1.54, 1.807) is 0 Å². The number of thiazole rings is 1. The van der Waals surface area contributed by atoms with Crippen LogP contribution in [0.25, 0.3) is 0 Å². The summed E-state index contributed by atoms with van der Waals surface area (Å²) in [4.78, 5) is 7.54. The number of halogens is 3. The van der Waals surface area contributed by atoms with Gasteiger partial charge in [0.05, 0.1) is 10.7 Å². The molecule has 0 aromatic carbocycles. The van der Waals surface area contributed by atoms with E-state index in [1.165, 1.54) is 11.3 Å². The summed E-state index contributed by atoms with van der Waals surface area (Å²) in [5.74, 6) is -0.617. The predicted molar refractivity (Wildman–Crippen MR) is 57.8 cm³/mol. The fraction of sp³-hybridized carbons (Fsp3) is 0.375. The van der Waals surface area contributed by atoms with Gasteiger partial charge in [0.25, 0.3) is 0 Å². The quantitative estimate of drug-likeness (QED) is 0.878. The topological polar surface area (TPSA) is 54.5 Å². The minimum absolute atomic E-state index is 0.0722. The Kier molecular flexibility index (Phi) is 3.38. The first-order valence-electron chi connectivity index (χ1n) is 4.48. The van der Waals surface area contributed by atoms with Gasteiger partial charge in [-0.25, -0.2) is 4.98 Å². The first-order valence-corrected chi connectivity index (χ1v) is 6.35. The fourth-order valence-corrected chi connectivity index (χ4v) is 2.46. The van der Waals surface area contributed by atoms with Gasteiger partial charge in [-0.3, -0.25) is 5.10 Å². The third-order valence-electron chi connectivity index (χ3n) is 1.75. The van der Waals surface area contributed by atoms with Crippen molar-refractivity contribution in [2.24, 2.45) is 0 Å². The molecule has 92 valence electrons. The van der Waals surface area contributed by atoms with Crippen LogP contribution in [-0.2, 0) is 11.9 Å². The summed E-state index contributed by atoms with van der Waals surface area (Å²) in [6.07, 6.45) is -4.48. The van der Waals surface area contributed by atoms with Gasteiger partial charge in [-0.05, 0) is 6.92 Å². The lowest BCUT2D eigenvalue weighted by atomic mass is 10.6. The largest absolute Gasteiger partial charge is 0.451 e. The zero-order valence-corrected chi connectivity index (χ0v) is 10.2. The summed E-state index contributed by atoms with van der Waals surface area (Å²) < 4.78 is 36.6. The molecule has 0 unspecified atom stereocenters. The number of nitrogens with zero attached hydrogens (tertiary/aromatic N) is 3. The van der Waals surface area contributed by atoms with Crippen LogP contribution >= 0.6 is 23.1 Å². The number of nitrogens with one attached hydrogen (secondary N) is 1.